The summed E-state index contributed by atoms with van der Waals surface area (Å²) in [5.74, 6) is 2.87. The Morgan fingerprint density at radius 3 is 2.74 bits per heavy atom. The molecule has 7 heteroatoms. The molecular formula is C12H20N4O2S. The van der Waals surface area contributed by atoms with Crippen molar-refractivity contribution in [2.24, 2.45) is 11.7 Å². The Bertz CT molecular complexity index is 552. The monoisotopic (exact) mass is 284 g/mol. The van der Waals surface area contributed by atoms with Crippen LogP contribution in [0, 0.1) is 5.92 Å². The van der Waals surface area contributed by atoms with Crippen LogP contribution in [0.25, 0.3) is 0 Å². The maximum Gasteiger partial charge on any atom is 0.151 e. The lowest BCUT2D eigenvalue weighted by Crippen LogP contribution is -2.31. The topological polar surface area (TPSA) is 90.9 Å². The van der Waals surface area contributed by atoms with Gasteiger partial charge in [-0.15, -0.1) is 0 Å². The molecule has 19 heavy (non-hydrogen) atoms. The van der Waals surface area contributed by atoms with E-state index in [0.717, 1.165) is 50.3 Å². The van der Waals surface area contributed by atoms with E-state index in [0.29, 0.717) is 17.4 Å². The second-order valence-electron chi connectivity index (χ2n) is 5.72. The smallest absolute Gasteiger partial charge is 0.151 e. The Labute approximate surface area is 113 Å². The van der Waals surface area contributed by atoms with Gasteiger partial charge in [0.1, 0.15) is 15.7 Å². The Balaban J connectivity index is 1.65. The van der Waals surface area contributed by atoms with Gasteiger partial charge in [0.05, 0.1) is 11.5 Å². The average molecular weight is 284 g/mol. The lowest BCUT2D eigenvalue weighted by atomic mass is 9.99. The first-order valence-electron chi connectivity index (χ1n) is 6.90. The van der Waals surface area contributed by atoms with E-state index in [1.807, 2.05) is 4.68 Å². The predicted molar refractivity (Wildman–Crippen MR) is 71.4 cm³/mol. The first-order chi connectivity index (χ1) is 9.02. The van der Waals surface area contributed by atoms with Gasteiger partial charge in [-0.25, -0.2) is 18.1 Å². The fraction of sp³-hybridized carbons (Fsp3) is 0.833. The van der Waals surface area contributed by atoms with E-state index in [2.05, 4.69) is 10.1 Å². The van der Waals surface area contributed by atoms with Gasteiger partial charge in [0, 0.05) is 25.4 Å². The summed E-state index contributed by atoms with van der Waals surface area (Å²) in [6.07, 6.45) is 4.03. The van der Waals surface area contributed by atoms with Gasteiger partial charge in [-0.1, -0.05) is 0 Å². The van der Waals surface area contributed by atoms with E-state index in [1.54, 1.807) is 0 Å². The van der Waals surface area contributed by atoms with Gasteiger partial charge in [0.25, 0.3) is 0 Å². The van der Waals surface area contributed by atoms with Crippen LogP contribution in [0.2, 0.25) is 0 Å². The number of hydrogen-bond acceptors (Lipinski definition) is 5. The number of nitrogens with two attached hydrogens (primary N) is 1. The molecule has 0 aliphatic carbocycles. The highest BCUT2D eigenvalue weighted by Crippen LogP contribution is 2.22. The third kappa shape index (κ3) is 2.97. The Morgan fingerprint density at radius 2 is 2.00 bits per heavy atom. The van der Waals surface area contributed by atoms with E-state index in [1.165, 1.54) is 0 Å². The SMILES string of the molecule is NC1CCn2nc(CC3CCS(=O)(=O)CC3)nc2C1. The van der Waals surface area contributed by atoms with Crippen molar-refractivity contribution < 1.29 is 8.42 Å². The fourth-order valence-electron chi connectivity index (χ4n) is 2.87. The number of aryl methyl sites for hydroxylation is 1. The Morgan fingerprint density at radius 1 is 1.26 bits per heavy atom. The van der Waals surface area contributed by atoms with Crippen molar-refractivity contribution in [1.82, 2.24) is 14.8 Å². The lowest BCUT2D eigenvalue weighted by Gasteiger charge is -2.20. The van der Waals surface area contributed by atoms with Crippen molar-refractivity contribution in [1.29, 1.82) is 0 Å². The zero-order valence-electron chi connectivity index (χ0n) is 11.0. The molecule has 1 fully saturated rings. The highest BCUT2D eigenvalue weighted by molar-refractivity contribution is 7.91. The van der Waals surface area contributed by atoms with Gasteiger partial charge in [0.2, 0.25) is 0 Å². The van der Waals surface area contributed by atoms with Crippen molar-refractivity contribution in [2.45, 2.75) is 44.7 Å². The van der Waals surface area contributed by atoms with Crippen molar-refractivity contribution >= 4 is 9.84 Å². The average Bonchev–Trinajstić information content (AvgIpc) is 2.73. The third-order valence-electron chi connectivity index (χ3n) is 4.09. The molecule has 0 spiro atoms. The molecule has 1 aromatic rings. The summed E-state index contributed by atoms with van der Waals surface area (Å²) in [4.78, 5) is 4.55. The largest absolute Gasteiger partial charge is 0.327 e. The van der Waals surface area contributed by atoms with Crippen molar-refractivity contribution in [3.8, 4) is 0 Å². The number of fused-ring (bicyclic) bond motifs is 1. The lowest BCUT2D eigenvalue weighted by molar-refractivity contribution is 0.427. The minimum atomic E-state index is -2.78. The van der Waals surface area contributed by atoms with Crippen LogP contribution in [0.3, 0.4) is 0 Å². The van der Waals surface area contributed by atoms with Crippen molar-refractivity contribution in [3.63, 3.8) is 0 Å². The van der Waals surface area contributed by atoms with E-state index in [9.17, 15) is 8.42 Å². The molecule has 3 rings (SSSR count). The van der Waals surface area contributed by atoms with Crippen LogP contribution >= 0.6 is 0 Å². The van der Waals surface area contributed by atoms with E-state index in [4.69, 9.17) is 5.73 Å². The molecule has 1 unspecified atom stereocenters. The van der Waals surface area contributed by atoms with Gasteiger partial charge >= 0.3 is 0 Å². The van der Waals surface area contributed by atoms with E-state index >= 15 is 0 Å². The summed E-state index contributed by atoms with van der Waals surface area (Å²) in [6.45, 7) is 0.850. The molecule has 2 aliphatic rings. The van der Waals surface area contributed by atoms with Gasteiger partial charge in [-0.2, -0.15) is 5.10 Å². The van der Waals surface area contributed by atoms with Crippen LogP contribution in [0.15, 0.2) is 0 Å². The van der Waals surface area contributed by atoms with Gasteiger partial charge < -0.3 is 5.73 Å². The second kappa shape index (κ2) is 4.86. The molecule has 6 nitrogen and oxygen atoms in total. The molecular weight excluding hydrogens is 264 g/mol. The highest BCUT2D eigenvalue weighted by Gasteiger charge is 2.26. The molecule has 1 atom stereocenters. The zero-order chi connectivity index (χ0) is 13.5. The summed E-state index contributed by atoms with van der Waals surface area (Å²) in [5, 5.41) is 4.52. The molecule has 1 aromatic heterocycles. The molecule has 1 saturated heterocycles. The second-order valence-corrected chi connectivity index (χ2v) is 8.02. The number of rotatable bonds is 2. The minimum absolute atomic E-state index is 0.198. The number of sulfone groups is 1. The molecule has 2 N–H and O–H groups in total. The molecule has 106 valence electrons. The molecule has 0 saturated carbocycles. The van der Waals surface area contributed by atoms with Crippen LogP contribution in [0.1, 0.15) is 30.9 Å². The quantitative estimate of drug-likeness (QED) is 0.820. The molecule has 3 heterocycles. The number of aromatic nitrogens is 3. The first kappa shape index (κ1) is 13.1. The van der Waals surface area contributed by atoms with Gasteiger partial charge in [-0.05, 0) is 25.2 Å². The van der Waals surface area contributed by atoms with E-state index in [-0.39, 0.29) is 6.04 Å². The van der Waals surface area contributed by atoms with Crippen LogP contribution in [0.5, 0.6) is 0 Å². The third-order valence-corrected chi connectivity index (χ3v) is 5.81. The predicted octanol–water partition coefficient (Wildman–Crippen LogP) is -0.0811. The summed E-state index contributed by atoms with van der Waals surface area (Å²) < 4.78 is 24.7. The summed E-state index contributed by atoms with van der Waals surface area (Å²) in [7, 11) is -2.78. The Hall–Kier alpha value is -0.950. The molecule has 0 bridgehead atoms. The van der Waals surface area contributed by atoms with Crippen molar-refractivity contribution in [3.05, 3.63) is 11.6 Å². The number of nitrogens with zero attached hydrogens (tertiary/aromatic N) is 3. The summed E-state index contributed by atoms with van der Waals surface area (Å²) in [5.41, 5.74) is 5.93. The molecule has 2 aliphatic heterocycles. The van der Waals surface area contributed by atoms with Crippen LogP contribution in [-0.2, 0) is 29.2 Å². The molecule has 0 amide bonds. The van der Waals surface area contributed by atoms with Gasteiger partial charge in [-0.3, -0.25) is 0 Å². The summed E-state index contributed by atoms with van der Waals surface area (Å²) in [6, 6.07) is 0.198. The van der Waals surface area contributed by atoms with Crippen LogP contribution < -0.4 is 5.73 Å². The van der Waals surface area contributed by atoms with E-state index < -0.39 is 9.84 Å². The van der Waals surface area contributed by atoms with Crippen molar-refractivity contribution in [2.75, 3.05) is 11.5 Å². The first-order valence-corrected chi connectivity index (χ1v) is 8.72. The van der Waals surface area contributed by atoms with Crippen LogP contribution in [0.4, 0.5) is 0 Å². The maximum absolute atomic E-state index is 11.4. The van der Waals surface area contributed by atoms with Crippen LogP contribution in [-0.4, -0.2) is 40.7 Å². The minimum Gasteiger partial charge on any atom is -0.327 e. The zero-order valence-corrected chi connectivity index (χ0v) is 11.8. The molecule has 0 aromatic carbocycles. The standard InChI is InChI=1S/C12H20N4O2S/c13-10-1-4-16-12(8-10)14-11(15-16)7-9-2-5-19(17,18)6-3-9/h9-10H,1-8,13H2. The summed E-state index contributed by atoms with van der Waals surface area (Å²) >= 11 is 0. The Kier molecular flexibility index (Phi) is 3.34. The fourth-order valence-corrected chi connectivity index (χ4v) is 4.46. The maximum atomic E-state index is 11.4. The van der Waals surface area contributed by atoms with Gasteiger partial charge in [0.15, 0.2) is 5.82 Å². The highest BCUT2D eigenvalue weighted by atomic mass is 32.2. The number of hydrogen-bond donors (Lipinski definition) is 1. The normalized spacial score (nSPS) is 27.1. The molecule has 0 radical (unpaired) electrons.